The lowest BCUT2D eigenvalue weighted by molar-refractivity contribution is -0.115. The molecule has 0 atom stereocenters. The molecule has 0 saturated heterocycles. The van der Waals surface area contributed by atoms with Gasteiger partial charge in [-0.3, -0.25) is 4.79 Å². The first-order valence-corrected chi connectivity index (χ1v) is 6.63. The number of carbonyl (C=O) groups excluding carboxylic acids is 1. The number of benzene rings is 1. The third-order valence-corrected chi connectivity index (χ3v) is 3.33. The van der Waals surface area contributed by atoms with Crippen LogP contribution in [-0.4, -0.2) is 17.0 Å². The van der Waals surface area contributed by atoms with Crippen LogP contribution in [0.2, 0.25) is 0 Å². The predicted octanol–water partition coefficient (Wildman–Crippen LogP) is 2.16. The summed E-state index contributed by atoms with van der Waals surface area (Å²) in [5, 5.41) is 17.7. The standard InChI is InChI=1S/C13H12FN3O2S/c14-9-2-1-3-10(12(9)13(15)17-19)16-11(18)6-8-4-5-20-7-8/h1-5,7,19H,6H2,(H2,15,17)(H,16,18). The quantitative estimate of drug-likeness (QED) is 0.349. The van der Waals surface area contributed by atoms with Crippen molar-refractivity contribution in [2.75, 3.05) is 5.32 Å². The van der Waals surface area contributed by atoms with Gasteiger partial charge in [0.1, 0.15) is 5.82 Å². The topological polar surface area (TPSA) is 87.7 Å². The van der Waals surface area contributed by atoms with E-state index in [2.05, 4.69) is 10.5 Å². The van der Waals surface area contributed by atoms with Crippen molar-refractivity contribution in [1.29, 1.82) is 0 Å². The van der Waals surface area contributed by atoms with E-state index in [1.54, 1.807) is 0 Å². The van der Waals surface area contributed by atoms with Crippen LogP contribution in [0, 0.1) is 5.82 Å². The summed E-state index contributed by atoms with van der Waals surface area (Å²) >= 11 is 1.49. The molecule has 1 amide bonds. The summed E-state index contributed by atoms with van der Waals surface area (Å²) in [5.74, 6) is -1.37. The molecule has 1 heterocycles. The van der Waals surface area contributed by atoms with Crippen LogP contribution in [0.4, 0.5) is 10.1 Å². The first kappa shape index (κ1) is 14.0. The number of nitrogens with two attached hydrogens (primary N) is 1. The largest absolute Gasteiger partial charge is 0.409 e. The average molecular weight is 293 g/mol. The van der Waals surface area contributed by atoms with E-state index >= 15 is 0 Å². The molecule has 7 heteroatoms. The van der Waals surface area contributed by atoms with Crippen LogP contribution >= 0.6 is 11.3 Å². The van der Waals surface area contributed by atoms with Gasteiger partial charge in [0.2, 0.25) is 5.91 Å². The van der Waals surface area contributed by atoms with Gasteiger partial charge >= 0.3 is 0 Å². The molecular weight excluding hydrogens is 281 g/mol. The molecule has 2 aromatic rings. The fourth-order valence-corrected chi connectivity index (χ4v) is 2.38. The molecule has 2 rings (SSSR count). The summed E-state index contributed by atoms with van der Waals surface area (Å²) in [4.78, 5) is 11.9. The number of nitrogens with zero attached hydrogens (tertiary/aromatic N) is 1. The van der Waals surface area contributed by atoms with Gasteiger partial charge in [0.15, 0.2) is 5.84 Å². The van der Waals surface area contributed by atoms with Crippen molar-refractivity contribution in [2.24, 2.45) is 10.9 Å². The van der Waals surface area contributed by atoms with E-state index in [0.717, 1.165) is 5.56 Å². The zero-order valence-corrected chi connectivity index (χ0v) is 11.2. The maximum Gasteiger partial charge on any atom is 0.228 e. The van der Waals surface area contributed by atoms with Crippen LogP contribution in [0.15, 0.2) is 40.2 Å². The van der Waals surface area contributed by atoms with Crippen molar-refractivity contribution in [3.8, 4) is 0 Å². The normalized spacial score (nSPS) is 11.3. The van der Waals surface area contributed by atoms with Crippen LogP contribution in [0.25, 0.3) is 0 Å². The molecule has 1 aromatic heterocycles. The molecular formula is C13H12FN3O2S. The van der Waals surface area contributed by atoms with Crippen molar-refractivity contribution in [3.63, 3.8) is 0 Å². The number of thiophene rings is 1. The molecule has 0 bridgehead atoms. The number of amidine groups is 1. The molecule has 20 heavy (non-hydrogen) atoms. The molecule has 4 N–H and O–H groups in total. The molecule has 104 valence electrons. The number of oxime groups is 1. The van der Waals surface area contributed by atoms with Crippen molar-refractivity contribution < 1.29 is 14.4 Å². The van der Waals surface area contributed by atoms with Crippen molar-refractivity contribution in [2.45, 2.75) is 6.42 Å². The lowest BCUT2D eigenvalue weighted by Gasteiger charge is -2.10. The highest BCUT2D eigenvalue weighted by atomic mass is 32.1. The van der Waals surface area contributed by atoms with E-state index in [-0.39, 0.29) is 23.6 Å². The van der Waals surface area contributed by atoms with Gasteiger partial charge in [-0.1, -0.05) is 11.2 Å². The molecule has 0 aliphatic carbocycles. The Kier molecular flexibility index (Phi) is 4.31. The molecule has 0 fully saturated rings. The van der Waals surface area contributed by atoms with Crippen LogP contribution in [0.1, 0.15) is 11.1 Å². The van der Waals surface area contributed by atoms with E-state index in [0.29, 0.717) is 0 Å². The van der Waals surface area contributed by atoms with E-state index < -0.39 is 11.7 Å². The van der Waals surface area contributed by atoms with Gasteiger partial charge in [0.25, 0.3) is 0 Å². The van der Waals surface area contributed by atoms with Crippen LogP contribution in [-0.2, 0) is 11.2 Å². The Morgan fingerprint density at radius 3 is 2.90 bits per heavy atom. The lowest BCUT2D eigenvalue weighted by atomic mass is 10.1. The van der Waals surface area contributed by atoms with E-state index in [9.17, 15) is 9.18 Å². The Bertz CT molecular complexity index is 641. The van der Waals surface area contributed by atoms with Crippen molar-refractivity contribution >= 4 is 28.8 Å². The second-order valence-electron chi connectivity index (χ2n) is 4.00. The Hall–Kier alpha value is -2.41. The van der Waals surface area contributed by atoms with E-state index in [1.165, 1.54) is 29.5 Å². The fraction of sp³-hybridized carbons (Fsp3) is 0.0769. The highest BCUT2D eigenvalue weighted by Crippen LogP contribution is 2.19. The number of rotatable bonds is 4. The molecule has 5 nitrogen and oxygen atoms in total. The number of hydrogen-bond donors (Lipinski definition) is 3. The highest BCUT2D eigenvalue weighted by Gasteiger charge is 2.15. The number of hydrogen-bond acceptors (Lipinski definition) is 4. The zero-order valence-electron chi connectivity index (χ0n) is 10.3. The summed E-state index contributed by atoms with van der Waals surface area (Å²) in [7, 11) is 0. The molecule has 0 saturated carbocycles. The Morgan fingerprint density at radius 1 is 1.45 bits per heavy atom. The third-order valence-electron chi connectivity index (χ3n) is 2.60. The molecule has 1 aromatic carbocycles. The van der Waals surface area contributed by atoms with Gasteiger partial charge in [-0.05, 0) is 34.5 Å². The third kappa shape index (κ3) is 3.12. The highest BCUT2D eigenvalue weighted by molar-refractivity contribution is 7.08. The number of anilines is 1. The number of carbonyl (C=O) groups is 1. The second-order valence-corrected chi connectivity index (χ2v) is 4.78. The fourth-order valence-electron chi connectivity index (χ4n) is 1.71. The SMILES string of the molecule is N/C(=N/O)c1c(F)cccc1NC(=O)Cc1ccsc1. The monoisotopic (exact) mass is 293 g/mol. The minimum absolute atomic E-state index is 0.131. The summed E-state index contributed by atoms with van der Waals surface area (Å²) in [5.41, 5.74) is 6.32. The Morgan fingerprint density at radius 2 is 2.25 bits per heavy atom. The zero-order chi connectivity index (χ0) is 14.5. The summed E-state index contributed by atoms with van der Waals surface area (Å²) < 4.78 is 13.7. The molecule has 0 aliphatic heterocycles. The maximum atomic E-state index is 13.7. The van der Waals surface area contributed by atoms with Crippen LogP contribution in [0.3, 0.4) is 0 Å². The maximum absolute atomic E-state index is 13.7. The molecule has 0 radical (unpaired) electrons. The minimum Gasteiger partial charge on any atom is -0.409 e. The predicted molar refractivity (Wildman–Crippen MR) is 75.6 cm³/mol. The van der Waals surface area contributed by atoms with Gasteiger partial charge in [-0.15, -0.1) is 0 Å². The van der Waals surface area contributed by atoms with Gasteiger partial charge in [0, 0.05) is 0 Å². The van der Waals surface area contributed by atoms with Gasteiger partial charge in [-0.2, -0.15) is 11.3 Å². The molecule has 0 unspecified atom stereocenters. The number of nitrogens with one attached hydrogen (secondary N) is 1. The summed E-state index contributed by atoms with van der Waals surface area (Å²) in [6.07, 6.45) is 0.176. The first-order valence-electron chi connectivity index (χ1n) is 5.69. The summed E-state index contributed by atoms with van der Waals surface area (Å²) in [6.45, 7) is 0. The number of amides is 1. The minimum atomic E-state index is -0.673. The first-order chi connectivity index (χ1) is 9.61. The smallest absolute Gasteiger partial charge is 0.228 e. The summed E-state index contributed by atoms with van der Waals surface area (Å²) in [6, 6.07) is 5.92. The average Bonchev–Trinajstić information content (AvgIpc) is 2.91. The van der Waals surface area contributed by atoms with Gasteiger partial charge in [-0.25, -0.2) is 4.39 Å². The van der Waals surface area contributed by atoms with Crippen molar-refractivity contribution in [3.05, 3.63) is 52.0 Å². The van der Waals surface area contributed by atoms with Gasteiger partial charge in [0.05, 0.1) is 17.7 Å². The molecule has 0 aliphatic rings. The van der Waals surface area contributed by atoms with Crippen LogP contribution < -0.4 is 11.1 Å². The number of halogens is 1. The van der Waals surface area contributed by atoms with E-state index in [1.807, 2.05) is 16.8 Å². The van der Waals surface area contributed by atoms with Crippen LogP contribution in [0.5, 0.6) is 0 Å². The second kappa shape index (κ2) is 6.16. The van der Waals surface area contributed by atoms with E-state index in [4.69, 9.17) is 10.9 Å². The Balaban J connectivity index is 2.21. The Labute approximate surface area is 118 Å². The lowest BCUT2D eigenvalue weighted by Crippen LogP contribution is -2.21. The van der Waals surface area contributed by atoms with Gasteiger partial charge < -0.3 is 16.3 Å². The molecule has 0 spiro atoms. The van der Waals surface area contributed by atoms with Crippen molar-refractivity contribution in [1.82, 2.24) is 0 Å².